The SMILES string of the molecule is Cc1ccncc1C(Cc1ccn(C(C)C)n1)NN. The molecule has 0 spiro atoms. The quantitative estimate of drug-likeness (QED) is 0.636. The molecule has 5 heteroatoms. The lowest BCUT2D eigenvalue weighted by Gasteiger charge is -2.17. The van der Waals surface area contributed by atoms with Gasteiger partial charge in [0.1, 0.15) is 0 Å². The second-order valence-electron chi connectivity index (χ2n) is 5.04. The van der Waals surface area contributed by atoms with Crippen LogP contribution in [0.15, 0.2) is 30.7 Å². The van der Waals surface area contributed by atoms with Gasteiger partial charge in [0.05, 0.1) is 11.7 Å². The van der Waals surface area contributed by atoms with Gasteiger partial charge >= 0.3 is 0 Å². The van der Waals surface area contributed by atoms with E-state index in [4.69, 9.17) is 5.84 Å². The summed E-state index contributed by atoms with van der Waals surface area (Å²) in [5, 5.41) is 4.55. The molecule has 0 saturated heterocycles. The molecular weight excluding hydrogens is 238 g/mol. The van der Waals surface area contributed by atoms with Crippen LogP contribution in [-0.4, -0.2) is 14.8 Å². The Kier molecular flexibility index (Phi) is 4.29. The van der Waals surface area contributed by atoms with E-state index in [0.29, 0.717) is 6.04 Å². The molecule has 19 heavy (non-hydrogen) atoms. The van der Waals surface area contributed by atoms with Gasteiger partial charge < -0.3 is 0 Å². The standard InChI is InChI=1S/C14H21N5/c1-10(2)19-7-5-12(18-19)8-14(17-15)13-9-16-6-4-11(13)3/h4-7,9-10,14,17H,8,15H2,1-3H3. The molecule has 3 N–H and O–H groups in total. The number of nitrogens with zero attached hydrogens (tertiary/aromatic N) is 3. The van der Waals surface area contributed by atoms with Crippen LogP contribution in [0.1, 0.15) is 42.8 Å². The number of hydrogen-bond donors (Lipinski definition) is 2. The topological polar surface area (TPSA) is 68.8 Å². The van der Waals surface area contributed by atoms with E-state index in [1.165, 1.54) is 5.56 Å². The second kappa shape index (κ2) is 5.95. The Labute approximate surface area is 113 Å². The maximum atomic E-state index is 5.68. The van der Waals surface area contributed by atoms with Crippen LogP contribution in [0.3, 0.4) is 0 Å². The summed E-state index contributed by atoms with van der Waals surface area (Å²) in [6.45, 7) is 6.29. The first-order chi connectivity index (χ1) is 9.11. The van der Waals surface area contributed by atoms with Crippen molar-refractivity contribution in [2.75, 3.05) is 0 Å². The van der Waals surface area contributed by atoms with Crippen molar-refractivity contribution in [2.24, 2.45) is 5.84 Å². The molecule has 102 valence electrons. The summed E-state index contributed by atoms with van der Waals surface area (Å²) in [4.78, 5) is 4.17. The number of hydrazine groups is 1. The molecule has 0 aliphatic heterocycles. The average Bonchev–Trinajstić information content (AvgIpc) is 2.86. The number of aromatic nitrogens is 3. The van der Waals surface area contributed by atoms with Crippen LogP contribution >= 0.6 is 0 Å². The van der Waals surface area contributed by atoms with E-state index >= 15 is 0 Å². The summed E-state index contributed by atoms with van der Waals surface area (Å²) in [6, 6.07) is 4.44. The van der Waals surface area contributed by atoms with Gasteiger partial charge in [0.25, 0.3) is 0 Å². The minimum absolute atomic E-state index is 0.0317. The van der Waals surface area contributed by atoms with Crippen molar-refractivity contribution in [3.63, 3.8) is 0 Å². The Morgan fingerprint density at radius 1 is 1.37 bits per heavy atom. The number of nitrogens with two attached hydrogens (primary N) is 1. The van der Waals surface area contributed by atoms with Crippen molar-refractivity contribution < 1.29 is 0 Å². The number of aryl methyl sites for hydroxylation is 1. The largest absolute Gasteiger partial charge is 0.271 e. The highest BCUT2D eigenvalue weighted by Crippen LogP contribution is 2.19. The van der Waals surface area contributed by atoms with Gasteiger partial charge in [-0.05, 0) is 44.0 Å². The van der Waals surface area contributed by atoms with Gasteiger partial charge in [-0.25, -0.2) is 0 Å². The lowest BCUT2D eigenvalue weighted by atomic mass is 10.0. The van der Waals surface area contributed by atoms with Crippen LogP contribution < -0.4 is 11.3 Å². The number of hydrogen-bond acceptors (Lipinski definition) is 4. The van der Waals surface area contributed by atoms with Crippen molar-refractivity contribution in [1.82, 2.24) is 20.2 Å². The van der Waals surface area contributed by atoms with Gasteiger partial charge in [0, 0.05) is 31.1 Å². The molecule has 2 aromatic rings. The van der Waals surface area contributed by atoms with Gasteiger partial charge in [0.15, 0.2) is 0 Å². The molecule has 0 amide bonds. The Bertz CT molecular complexity index is 532. The summed E-state index contributed by atoms with van der Waals surface area (Å²) in [5.41, 5.74) is 6.18. The molecular formula is C14H21N5. The van der Waals surface area contributed by atoms with Crippen molar-refractivity contribution >= 4 is 0 Å². The zero-order chi connectivity index (χ0) is 13.8. The number of nitrogens with one attached hydrogen (secondary N) is 1. The van der Waals surface area contributed by atoms with E-state index in [0.717, 1.165) is 17.7 Å². The summed E-state index contributed by atoms with van der Waals surface area (Å²) >= 11 is 0. The molecule has 0 aliphatic rings. The van der Waals surface area contributed by atoms with Gasteiger partial charge in [-0.1, -0.05) is 0 Å². The highest BCUT2D eigenvalue weighted by molar-refractivity contribution is 5.26. The van der Waals surface area contributed by atoms with E-state index in [2.05, 4.69) is 36.3 Å². The summed E-state index contributed by atoms with van der Waals surface area (Å²) in [6.07, 6.45) is 6.41. The number of rotatable bonds is 5. The Balaban J connectivity index is 2.17. The van der Waals surface area contributed by atoms with Crippen molar-refractivity contribution in [2.45, 2.75) is 39.3 Å². The summed E-state index contributed by atoms with van der Waals surface area (Å²) in [5.74, 6) is 5.68. The zero-order valence-electron chi connectivity index (χ0n) is 11.7. The van der Waals surface area contributed by atoms with Crippen LogP contribution in [0.2, 0.25) is 0 Å². The third-order valence-electron chi connectivity index (χ3n) is 3.26. The van der Waals surface area contributed by atoms with E-state index < -0.39 is 0 Å². The van der Waals surface area contributed by atoms with Gasteiger partial charge in [-0.15, -0.1) is 0 Å². The van der Waals surface area contributed by atoms with Crippen LogP contribution in [0.5, 0.6) is 0 Å². The predicted molar refractivity (Wildman–Crippen MR) is 75.4 cm³/mol. The van der Waals surface area contributed by atoms with Crippen LogP contribution in [0.25, 0.3) is 0 Å². The maximum Gasteiger partial charge on any atom is 0.0644 e. The van der Waals surface area contributed by atoms with Crippen LogP contribution in [0, 0.1) is 6.92 Å². The highest BCUT2D eigenvalue weighted by Gasteiger charge is 2.15. The lowest BCUT2D eigenvalue weighted by Crippen LogP contribution is -2.30. The molecule has 0 fully saturated rings. The molecule has 0 bridgehead atoms. The molecule has 1 atom stereocenters. The molecule has 0 radical (unpaired) electrons. The van der Waals surface area contributed by atoms with Crippen molar-refractivity contribution in [1.29, 1.82) is 0 Å². The molecule has 5 nitrogen and oxygen atoms in total. The third-order valence-corrected chi connectivity index (χ3v) is 3.26. The highest BCUT2D eigenvalue weighted by atomic mass is 15.3. The second-order valence-corrected chi connectivity index (χ2v) is 5.04. The maximum absolute atomic E-state index is 5.68. The Morgan fingerprint density at radius 3 is 2.74 bits per heavy atom. The van der Waals surface area contributed by atoms with Gasteiger partial charge in [0.2, 0.25) is 0 Å². The molecule has 2 heterocycles. The van der Waals surface area contributed by atoms with E-state index in [-0.39, 0.29) is 6.04 Å². The minimum atomic E-state index is 0.0317. The van der Waals surface area contributed by atoms with E-state index in [9.17, 15) is 0 Å². The first kappa shape index (κ1) is 13.7. The molecule has 2 rings (SSSR count). The van der Waals surface area contributed by atoms with Crippen molar-refractivity contribution in [3.05, 3.63) is 47.5 Å². The fourth-order valence-corrected chi connectivity index (χ4v) is 2.08. The smallest absolute Gasteiger partial charge is 0.0644 e. The average molecular weight is 259 g/mol. The lowest BCUT2D eigenvalue weighted by molar-refractivity contribution is 0.505. The fourth-order valence-electron chi connectivity index (χ4n) is 2.08. The molecule has 0 aliphatic carbocycles. The first-order valence-electron chi connectivity index (χ1n) is 6.52. The Morgan fingerprint density at radius 2 is 2.16 bits per heavy atom. The minimum Gasteiger partial charge on any atom is -0.271 e. The van der Waals surface area contributed by atoms with Gasteiger partial charge in [-0.2, -0.15) is 5.10 Å². The molecule has 1 unspecified atom stereocenters. The van der Waals surface area contributed by atoms with Gasteiger partial charge in [-0.3, -0.25) is 20.9 Å². The molecule has 0 saturated carbocycles. The Hall–Kier alpha value is -1.72. The third kappa shape index (κ3) is 3.19. The predicted octanol–water partition coefficient (Wildman–Crippen LogP) is 1.91. The molecule has 2 aromatic heterocycles. The van der Waals surface area contributed by atoms with Crippen molar-refractivity contribution in [3.8, 4) is 0 Å². The monoisotopic (exact) mass is 259 g/mol. The van der Waals surface area contributed by atoms with E-state index in [1.54, 1.807) is 6.20 Å². The molecule has 0 aromatic carbocycles. The zero-order valence-corrected chi connectivity index (χ0v) is 11.7. The summed E-state index contributed by atoms with van der Waals surface area (Å²) < 4.78 is 1.96. The van der Waals surface area contributed by atoms with Crippen LogP contribution in [-0.2, 0) is 6.42 Å². The van der Waals surface area contributed by atoms with Crippen LogP contribution in [0.4, 0.5) is 0 Å². The first-order valence-corrected chi connectivity index (χ1v) is 6.52. The number of pyridine rings is 1. The normalized spacial score (nSPS) is 12.9. The fraction of sp³-hybridized carbons (Fsp3) is 0.429. The van der Waals surface area contributed by atoms with E-state index in [1.807, 2.05) is 29.2 Å². The summed E-state index contributed by atoms with van der Waals surface area (Å²) in [7, 11) is 0.